The smallest absolute Gasteiger partial charge is 0.316 e. The van der Waals surface area contributed by atoms with Crippen molar-refractivity contribution in [1.29, 1.82) is 0 Å². The number of hydrogen-bond donors (Lipinski definition) is 1. The number of rotatable bonds is 5. The Morgan fingerprint density at radius 1 is 1.11 bits per heavy atom. The summed E-state index contributed by atoms with van der Waals surface area (Å²) in [5.41, 5.74) is 2.72. The molecule has 0 bridgehead atoms. The molecule has 0 fully saturated rings. The molecule has 4 rings (SSSR count). The van der Waals surface area contributed by atoms with Crippen molar-refractivity contribution in [3.63, 3.8) is 0 Å². The molecular weight excluding hydrogens is 348 g/mol. The van der Waals surface area contributed by atoms with Gasteiger partial charge in [-0.1, -0.05) is 11.2 Å². The molecule has 8 nitrogen and oxygen atoms in total. The van der Waals surface area contributed by atoms with Crippen LogP contribution in [0, 0.1) is 0 Å². The Labute approximate surface area is 155 Å². The summed E-state index contributed by atoms with van der Waals surface area (Å²) in [5.74, 6) is 1.22. The lowest BCUT2D eigenvalue weighted by Gasteiger charge is -2.11. The molecule has 1 amide bonds. The Morgan fingerprint density at radius 3 is 2.67 bits per heavy atom. The van der Waals surface area contributed by atoms with E-state index in [1.54, 1.807) is 0 Å². The molecule has 1 N–H and O–H groups in total. The fourth-order valence-corrected chi connectivity index (χ4v) is 2.65. The van der Waals surface area contributed by atoms with E-state index in [1.165, 1.54) is 0 Å². The number of carbonyl (C=O) groups excluding carboxylic acids is 1. The Kier molecular flexibility index (Phi) is 4.37. The van der Waals surface area contributed by atoms with Gasteiger partial charge in [-0.3, -0.25) is 4.79 Å². The van der Waals surface area contributed by atoms with E-state index in [0.29, 0.717) is 23.9 Å². The van der Waals surface area contributed by atoms with Gasteiger partial charge in [0.05, 0.1) is 0 Å². The molecule has 0 radical (unpaired) electrons. The summed E-state index contributed by atoms with van der Waals surface area (Å²) in [6.45, 7) is 0.524. The minimum Gasteiger partial charge on any atom is -0.454 e. The maximum atomic E-state index is 12.3. The number of nitrogens with one attached hydrogen (secondary N) is 1. The monoisotopic (exact) mass is 366 g/mol. The number of ether oxygens (including phenoxy) is 2. The van der Waals surface area contributed by atoms with Crippen molar-refractivity contribution >= 4 is 11.6 Å². The molecule has 0 atom stereocenters. The van der Waals surface area contributed by atoms with Crippen molar-refractivity contribution in [2.45, 2.75) is 6.54 Å². The first-order valence-electron chi connectivity index (χ1n) is 8.38. The largest absolute Gasteiger partial charge is 0.454 e. The van der Waals surface area contributed by atoms with Gasteiger partial charge >= 0.3 is 11.8 Å². The maximum absolute atomic E-state index is 12.3. The summed E-state index contributed by atoms with van der Waals surface area (Å²) >= 11 is 0. The first-order valence-corrected chi connectivity index (χ1v) is 8.38. The highest BCUT2D eigenvalue weighted by Crippen LogP contribution is 2.32. The van der Waals surface area contributed by atoms with E-state index in [2.05, 4.69) is 15.5 Å². The van der Waals surface area contributed by atoms with Crippen molar-refractivity contribution in [2.24, 2.45) is 0 Å². The summed E-state index contributed by atoms with van der Waals surface area (Å²) in [4.78, 5) is 18.4. The van der Waals surface area contributed by atoms with Gasteiger partial charge in [0.25, 0.3) is 0 Å². The van der Waals surface area contributed by atoms with Crippen LogP contribution in [0.25, 0.3) is 11.4 Å². The van der Waals surface area contributed by atoms with Gasteiger partial charge < -0.3 is 24.2 Å². The lowest BCUT2D eigenvalue weighted by atomic mass is 10.2. The molecule has 0 saturated heterocycles. The molecule has 1 aliphatic heterocycles. The number of fused-ring (bicyclic) bond motifs is 1. The van der Waals surface area contributed by atoms with Crippen LogP contribution in [0.4, 0.5) is 5.69 Å². The van der Waals surface area contributed by atoms with Gasteiger partial charge in [-0.05, 0) is 42.0 Å². The van der Waals surface area contributed by atoms with Crippen LogP contribution in [0.3, 0.4) is 0 Å². The van der Waals surface area contributed by atoms with E-state index < -0.39 is 5.91 Å². The molecule has 0 saturated carbocycles. The van der Waals surface area contributed by atoms with E-state index in [1.807, 2.05) is 61.5 Å². The second-order valence-corrected chi connectivity index (χ2v) is 6.23. The number of aromatic nitrogens is 2. The van der Waals surface area contributed by atoms with Crippen molar-refractivity contribution in [3.05, 3.63) is 53.9 Å². The highest BCUT2D eigenvalue weighted by atomic mass is 16.7. The fraction of sp³-hybridized carbons (Fsp3) is 0.211. The number of carbonyl (C=O) groups is 1. The molecule has 8 heteroatoms. The minimum atomic E-state index is -0.434. The van der Waals surface area contributed by atoms with Crippen LogP contribution in [0.1, 0.15) is 16.2 Å². The Hall–Kier alpha value is -3.55. The quantitative estimate of drug-likeness (QED) is 0.742. The molecule has 0 unspecified atom stereocenters. The van der Waals surface area contributed by atoms with Crippen LogP contribution in [0.5, 0.6) is 11.5 Å². The molecule has 0 spiro atoms. The number of benzene rings is 2. The Morgan fingerprint density at radius 2 is 1.89 bits per heavy atom. The van der Waals surface area contributed by atoms with Gasteiger partial charge in [-0.2, -0.15) is 4.98 Å². The molecule has 2 heterocycles. The number of nitrogens with zero attached hydrogens (tertiary/aromatic N) is 3. The van der Waals surface area contributed by atoms with Crippen molar-refractivity contribution in [1.82, 2.24) is 15.5 Å². The third kappa shape index (κ3) is 3.55. The van der Waals surface area contributed by atoms with Crippen LogP contribution < -0.4 is 19.7 Å². The molecule has 1 aromatic heterocycles. The highest BCUT2D eigenvalue weighted by Gasteiger charge is 2.17. The fourth-order valence-electron chi connectivity index (χ4n) is 2.65. The zero-order chi connectivity index (χ0) is 18.8. The molecule has 2 aromatic carbocycles. The van der Waals surface area contributed by atoms with E-state index in [-0.39, 0.29) is 12.7 Å². The Balaban J connectivity index is 1.41. The molecule has 3 aromatic rings. The standard InChI is InChI=1S/C19H18N4O4/c1-23(2)14-6-4-13(5-7-14)17-21-19(27-22-17)18(24)20-10-12-3-8-15-16(9-12)26-11-25-15/h3-9H,10-11H2,1-2H3,(H,20,24). The Bertz CT molecular complexity index is 966. The number of hydrogen-bond acceptors (Lipinski definition) is 7. The zero-order valence-corrected chi connectivity index (χ0v) is 14.9. The van der Waals surface area contributed by atoms with E-state index >= 15 is 0 Å². The normalized spacial score (nSPS) is 12.1. The second-order valence-electron chi connectivity index (χ2n) is 6.23. The van der Waals surface area contributed by atoms with Crippen molar-refractivity contribution < 1.29 is 18.8 Å². The van der Waals surface area contributed by atoms with Gasteiger partial charge in [0.2, 0.25) is 12.6 Å². The maximum Gasteiger partial charge on any atom is 0.316 e. The zero-order valence-electron chi connectivity index (χ0n) is 14.9. The van der Waals surface area contributed by atoms with E-state index in [0.717, 1.165) is 16.8 Å². The summed E-state index contributed by atoms with van der Waals surface area (Å²) in [6, 6.07) is 13.2. The highest BCUT2D eigenvalue weighted by molar-refractivity contribution is 5.89. The summed E-state index contributed by atoms with van der Waals surface area (Å²) < 4.78 is 15.7. The van der Waals surface area contributed by atoms with Gasteiger partial charge in [-0.25, -0.2) is 0 Å². The molecule has 0 aliphatic carbocycles. The third-order valence-electron chi connectivity index (χ3n) is 4.15. The second kappa shape index (κ2) is 6.99. The topological polar surface area (TPSA) is 89.7 Å². The number of anilines is 1. The van der Waals surface area contributed by atoms with Crippen LogP contribution in [-0.2, 0) is 6.54 Å². The first kappa shape index (κ1) is 16.9. The van der Waals surface area contributed by atoms with Crippen LogP contribution in [-0.4, -0.2) is 36.9 Å². The van der Waals surface area contributed by atoms with Crippen molar-refractivity contribution in [2.75, 3.05) is 25.8 Å². The lowest BCUT2D eigenvalue weighted by Crippen LogP contribution is -2.23. The lowest BCUT2D eigenvalue weighted by molar-refractivity contribution is 0.0907. The minimum absolute atomic E-state index is 0.0811. The van der Waals surface area contributed by atoms with Crippen LogP contribution in [0.2, 0.25) is 0 Å². The molecule has 138 valence electrons. The van der Waals surface area contributed by atoms with Gasteiger partial charge in [0.1, 0.15) is 0 Å². The van der Waals surface area contributed by atoms with Crippen LogP contribution >= 0.6 is 0 Å². The van der Waals surface area contributed by atoms with Gasteiger partial charge in [0.15, 0.2) is 11.5 Å². The SMILES string of the molecule is CN(C)c1ccc(-c2noc(C(=O)NCc3ccc4c(c3)OCO4)n2)cc1. The van der Waals surface area contributed by atoms with Gasteiger partial charge in [-0.15, -0.1) is 0 Å². The molecular formula is C19H18N4O4. The van der Waals surface area contributed by atoms with Crippen LogP contribution in [0.15, 0.2) is 47.0 Å². The number of amides is 1. The predicted octanol–water partition coefficient (Wildman–Crippen LogP) is 2.46. The third-order valence-corrected chi connectivity index (χ3v) is 4.15. The van der Waals surface area contributed by atoms with E-state index in [9.17, 15) is 4.79 Å². The van der Waals surface area contributed by atoms with E-state index in [4.69, 9.17) is 14.0 Å². The molecule has 1 aliphatic rings. The predicted molar refractivity (Wildman–Crippen MR) is 97.8 cm³/mol. The summed E-state index contributed by atoms with van der Waals surface area (Å²) in [7, 11) is 3.93. The average molecular weight is 366 g/mol. The summed E-state index contributed by atoms with van der Waals surface area (Å²) in [5, 5.41) is 6.64. The summed E-state index contributed by atoms with van der Waals surface area (Å²) in [6.07, 6.45) is 0. The first-order chi connectivity index (χ1) is 13.1. The van der Waals surface area contributed by atoms with Gasteiger partial charge in [0, 0.05) is 31.9 Å². The molecule has 27 heavy (non-hydrogen) atoms. The van der Waals surface area contributed by atoms with Crippen molar-refractivity contribution in [3.8, 4) is 22.9 Å². The average Bonchev–Trinajstić information content (AvgIpc) is 3.35.